The summed E-state index contributed by atoms with van der Waals surface area (Å²) >= 11 is 4.45. The summed E-state index contributed by atoms with van der Waals surface area (Å²) in [5, 5.41) is 11.7. The largest absolute Gasteiger partial charge is 0.339 e. The minimum Gasteiger partial charge on any atom is -0.265 e. The molecule has 0 saturated heterocycles. The fourth-order valence-electron chi connectivity index (χ4n) is 1.32. The van der Waals surface area contributed by atoms with E-state index in [1.54, 1.807) is 25.2 Å². The molecular formula is C11H7BrN4O2S. The highest BCUT2D eigenvalue weighted by Crippen LogP contribution is 2.30. The van der Waals surface area contributed by atoms with Gasteiger partial charge in [-0.15, -0.1) is 0 Å². The maximum Gasteiger partial charge on any atom is 0.339 e. The lowest BCUT2D eigenvalue weighted by Crippen LogP contribution is -2.33. The molecule has 0 unspecified atom stereocenters. The van der Waals surface area contributed by atoms with Crippen molar-refractivity contribution in [3.05, 3.63) is 48.9 Å². The molecular weight excluding hydrogens is 332 g/mol. The number of aromatic nitrogens is 3. The van der Waals surface area contributed by atoms with Crippen molar-refractivity contribution in [2.45, 2.75) is 10.1 Å². The van der Waals surface area contributed by atoms with E-state index in [0.717, 1.165) is 16.2 Å². The number of hydrogen-bond donors (Lipinski definition) is 1. The van der Waals surface area contributed by atoms with Gasteiger partial charge in [0.15, 0.2) is 5.16 Å². The molecule has 1 aromatic carbocycles. The van der Waals surface area contributed by atoms with Crippen LogP contribution >= 0.6 is 27.7 Å². The molecule has 2 aromatic rings. The Balaban J connectivity index is 2.50. The Bertz CT molecular complexity index is 791. The van der Waals surface area contributed by atoms with Crippen LogP contribution in [0.25, 0.3) is 0 Å². The monoisotopic (exact) mass is 338 g/mol. The minimum absolute atomic E-state index is 0.305. The number of aromatic amines is 1. The molecule has 6 nitrogen and oxygen atoms in total. The first-order valence-electron chi connectivity index (χ1n) is 5.06. The van der Waals surface area contributed by atoms with E-state index in [2.05, 4.69) is 32.1 Å². The molecule has 0 radical (unpaired) electrons. The predicted octanol–water partition coefficient (Wildman–Crippen LogP) is 1.25. The molecule has 0 amide bonds. The first-order valence-corrected chi connectivity index (χ1v) is 6.67. The number of hydrogen-bond acceptors (Lipinski definition) is 5. The average molecular weight is 339 g/mol. The minimum atomic E-state index is -0.853. The molecule has 2 rings (SSSR count). The van der Waals surface area contributed by atoms with E-state index in [9.17, 15) is 9.59 Å². The molecule has 1 heterocycles. The maximum atomic E-state index is 11.2. The Hall–Kier alpha value is -1.85. The third-order valence-electron chi connectivity index (χ3n) is 2.21. The van der Waals surface area contributed by atoms with Crippen LogP contribution in [0.1, 0.15) is 5.56 Å². The van der Waals surface area contributed by atoms with Crippen LogP contribution in [0, 0.1) is 11.3 Å². The Kier molecular flexibility index (Phi) is 3.87. The average Bonchev–Trinajstić information content (AvgIpc) is 2.36. The molecule has 0 saturated carbocycles. The molecule has 0 aliphatic heterocycles. The quantitative estimate of drug-likeness (QED) is 0.832. The van der Waals surface area contributed by atoms with Crippen LogP contribution in [0.4, 0.5) is 0 Å². The number of H-pyrrole nitrogens is 1. The Morgan fingerprint density at radius 2 is 2.21 bits per heavy atom. The predicted molar refractivity (Wildman–Crippen MR) is 73.1 cm³/mol. The van der Waals surface area contributed by atoms with E-state index in [4.69, 9.17) is 5.26 Å². The maximum absolute atomic E-state index is 11.2. The SMILES string of the molecule is Cn1[nH]c(=O)c(=O)nc1Sc1cc(Br)ccc1C#N. The normalized spacial score (nSPS) is 10.2. The Morgan fingerprint density at radius 3 is 2.89 bits per heavy atom. The fraction of sp³-hybridized carbons (Fsp3) is 0.0909. The summed E-state index contributed by atoms with van der Waals surface area (Å²) < 4.78 is 2.15. The summed E-state index contributed by atoms with van der Waals surface area (Å²) in [6, 6.07) is 7.23. The van der Waals surface area contributed by atoms with Gasteiger partial charge in [-0.3, -0.25) is 19.4 Å². The number of halogens is 1. The van der Waals surface area contributed by atoms with Crippen molar-refractivity contribution in [1.82, 2.24) is 14.8 Å². The van der Waals surface area contributed by atoms with Crippen molar-refractivity contribution in [2.24, 2.45) is 7.05 Å². The zero-order chi connectivity index (χ0) is 14.0. The second kappa shape index (κ2) is 5.42. The van der Waals surface area contributed by atoms with E-state index in [0.29, 0.717) is 15.6 Å². The molecule has 0 aliphatic carbocycles. The second-order valence-electron chi connectivity index (χ2n) is 3.55. The summed E-state index contributed by atoms with van der Waals surface area (Å²) in [4.78, 5) is 26.7. The Labute approximate surface area is 120 Å². The van der Waals surface area contributed by atoms with Gasteiger partial charge < -0.3 is 0 Å². The summed E-state index contributed by atoms with van der Waals surface area (Å²) in [7, 11) is 1.57. The third-order valence-corrected chi connectivity index (χ3v) is 3.81. The molecule has 0 atom stereocenters. The van der Waals surface area contributed by atoms with Crippen LogP contribution in [-0.2, 0) is 7.05 Å². The Morgan fingerprint density at radius 1 is 1.47 bits per heavy atom. The molecule has 0 fully saturated rings. The molecule has 96 valence electrons. The molecule has 0 bridgehead atoms. The van der Waals surface area contributed by atoms with Gasteiger partial charge in [0.25, 0.3) is 0 Å². The lowest BCUT2D eigenvalue weighted by atomic mass is 10.2. The first kappa shape index (κ1) is 13.6. The molecule has 8 heteroatoms. The first-order chi connectivity index (χ1) is 9.01. The van der Waals surface area contributed by atoms with E-state index < -0.39 is 11.1 Å². The van der Waals surface area contributed by atoms with Gasteiger partial charge in [0.05, 0.1) is 5.56 Å². The molecule has 19 heavy (non-hydrogen) atoms. The van der Waals surface area contributed by atoms with Gasteiger partial charge in [0.1, 0.15) is 6.07 Å². The van der Waals surface area contributed by atoms with E-state index in [1.165, 1.54) is 4.68 Å². The molecule has 1 N–H and O–H groups in total. The van der Waals surface area contributed by atoms with Crippen molar-refractivity contribution in [3.63, 3.8) is 0 Å². The van der Waals surface area contributed by atoms with E-state index in [-0.39, 0.29) is 0 Å². The zero-order valence-corrected chi connectivity index (χ0v) is 12.1. The van der Waals surface area contributed by atoms with Crippen LogP contribution in [0.15, 0.2) is 42.3 Å². The number of nitriles is 1. The van der Waals surface area contributed by atoms with Crippen molar-refractivity contribution >= 4 is 27.7 Å². The van der Waals surface area contributed by atoms with Gasteiger partial charge in [0, 0.05) is 16.4 Å². The van der Waals surface area contributed by atoms with Crippen molar-refractivity contribution in [3.8, 4) is 6.07 Å². The molecule has 0 spiro atoms. The number of benzene rings is 1. The lowest BCUT2D eigenvalue weighted by molar-refractivity contribution is 0.596. The highest BCUT2D eigenvalue weighted by Gasteiger charge is 2.10. The molecule has 0 aliphatic rings. The van der Waals surface area contributed by atoms with Crippen LogP contribution in [-0.4, -0.2) is 14.8 Å². The number of nitrogens with one attached hydrogen (secondary N) is 1. The smallest absolute Gasteiger partial charge is 0.265 e. The highest BCUT2D eigenvalue weighted by molar-refractivity contribution is 9.10. The van der Waals surface area contributed by atoms with Crippen LogP contribution in [0.3, 0.4) is 0 Å². The summed E-state index contributed by atoms with van der Waals surface area (Å²) in [5.41, 5.74) is -1.16. The summed E-state index contributed by atoms with van der Waals surface area (Å²) in [6.45, 7) is 0. The van der Waals surface area contributed by atoms with Crippen LogP contribution in [0.2, 0.25) is 0 Å². The van der Waals surface area contributed by atoms with Gasteiger partial charge in [-0.25, -0.2) is 0 Å². The van der Waals surface area contributed by atoms with Gasteiger partial charge in [-0.1, -0.05) is 15.9 Å². The lowest BCUT2D eigenvalue weighted by Gasteiger charge is -2.07. The highest BCUT2D eigenvalue weighted by atomic mass is 79.9. The molecule has 1 aromatic heterocycles. The topological polar surface area (TPSA) is 91.5 Å². The number of rotatable bonds is 2. The van der Waals surface area contributed by atoms with E-state index in [1.807, 2.05) is 0 Å². The number of aryl methyl sites for hydroxylation is 1. The van der Waals surface area contributed by atoms with Crippen molar-refractivity contribution in [2.75, 3.05) is 0 Å². The van der Waals surface area contributed by atoms with Gasteiger partial charge >= 0.3 is 11.1 Å². The van der Waals surface area contributed by atoms with Crippen molar-refractivity contribution < 1.29 is 0 Å². The zero-order valence-electron chi connectivity index (χ0n) is 9.68. The fourth-order valence-corrected chi connectivity index (χ4v) is 2.75. The van der Waals surface area contributed by atoms with Crippen molar-refractivity contribution in [1.29, 1.82) is 5.26 Å². The number of nitrogens with zero attached hydrogens (tertiary/aromatic N) is 3. The third kappa shape index (κ3) is 2.94. The van der Waals surface area contributed by atoms with Gasteiger partial charge in [-0.05, 0) is 30.0 Å². The summed E-state index contributed by atoms with van der Waals surface area (Å²) in [5.74, 6) is 0. The van der Waals surface area contributed by atoms with Crippen LogP contribution < -0.4 is 11.1 Å². The standard InChI is InChI=1S/C11H7BrN4O2S/c1-16-11(14-9(17)10(18)15-16)19-8-4-7(12)3-2-6(8)5-13/h2-4H,1H3,(H,15,18). The second-order valence-corrected chi connectivity index (χ2v) is 5.48. The van der Waals surface area contributed by atoms with Gasteiger partial charge in [0.2, 0.25) is 0 Å². The van der Waals surface area contributed by atoms with Crippen LogP contribution in [0.5, 0.6) is 0 Å². The van der Waals surface area contributed by atoms with E-state index >= 15 is 0 Å². The van der Waals surface area contributed by atoms with Gasteiger partial charge in [-0.2, -0.15) is 10.2 Å². The summed E-state index contributed by atoms with van der Waals surface area (Å²) in [6.07, 6.45) is 0.